The Morgan fingerprint density at radius 2 is 0.500 bits per heavy atom. The summed E-state index contributed by atoms with van der Waals surface area (Å²) in [4.78, 5) is 73.0. The highest BCUT2D eigenvalue weighted by atomic mass is 31.2. The normalized spacial score (nSPS) is 14.4. The Hall–Kier alpha value is -4.02. The van der Waals surface area contributed by atoms with Crippen LogP contribution in [0.15, 0.2) is 97.2 Å². The largest absolute Gasteiger partial charge is 0.472 e. The fourth-order valence-electron chi connectivity index (χ4n) is 10.8. The van der Waals surface area contributed by atoms with Crippen molar-refractivity contribution in [2.45, 2.75) is 367 Å². The van der Waals surface area contributed by atoms with Crippen LogP contribution < -0.4 is 0 Å². The van der Waals surface area contributed by atoms with Crippen LogP contribution in [0.2, 0.25) is 0 Å². The SMILES string of the molecule is CCCCC/C=C\C/C=C\C/C=C\C/C=C\C/C=C\CCC(=O)OC[C@H](COP(=O)(O)OC[C@@H](O)COP(=O)(O)OC[C@@H](COC(=O)CCCCCCC/C=C\CCCCCC)OC(=O)CCCCCCCCC/C=C\CCCCCC)OC(=O)CCCCCCCCC/C=C\CCCCCC. The van der Waals surface area contributed by atoms with E-state index in [2.05, 4.69) is 113 Å². The zero-order chi connectivity index (χ0) is 74.6. The molecule has 0 aromatic heterocycles. The molecule has 0 amide bonds. The molecule has 0 saturated carbocycles. The summed E-state index contributed by atoms with van der Waals surface area (Å²) in [6.45, 7) is 4.75. The molecule has 0 fully saturated rings. The summed E-state index contributed by atoms with van der Waals surface area (Å²) in [6.07, 6.45) is 79.6. The average Bonchev–Trinajstić information content (AvgIpc) is 0.920. The number of allylic oxidation sites excluding steroid dienone is 16. The number of aliphatic hydroxyl groups excluding tert-OH is 1. The summed E-state index contributed by atoms with van der Waals surface area (Å²) in [5.41, 5.74) is 0. The van der Waals surface area contributed by atoms with Gasteiger partial charge in [0.25, 0.3) is 0 Å². The topological polar surface area (TPSA) is 237 Å². The number of phosphoric ester groups is 2. The summed E-state index contributed by atoms with van der Waals surface area (Å²) in [7, 11) is -9.97. The molecule has 0 aliphatic heterocycles. The van der Waals surface area contributed by atoms with Crippen molar-refractivity contribution in [3.05, 3.63) is 97.2 Å². The van der Waals surface area contributed by atoms with Crippen molar-refractivity contribution < 1.29 is 80.2 Å². The van der Waals surface area contributed by atoms with Gasteiger partial charge >= 0.3 is 39.5 Å². The van der Waals surface area contributed by atoms with Crippen molar-refractivity contribution in [1.82, 2.24) is 0 Å². The van der Waals surface area contributed by atoms with Crippen LogP contribution >= 0.6 is 15.6 Å². The Bertz CT molecular complexity index is 2310. The molecule has 0 saturated heterocycles. The number of esters is 4. The highest BCUT2D eigenvalue weighted by molar-refractivity contribution is 7.47. The molecule has 0 spiro atoms. The first-order valence-electron chi connectivity index (χ1n) is 40.5. The van der Waals surface area contributed by atoms with E-state index in [0.29, 0.717) is 32.1 Å². The van der Waals surface area contributed by atoms with Gasteiger partial charge in [-0.25, -0.2) is 9.13 Å². The molecule has 102 heavy (non-hydrogen) atoms. The van der Waals surface area contributed by atoms with Crippen molar-refractivity contribution >= 4 is 39.5 Å². The Morgan fingerprint density at radius 1 is 0.275 bits per heavy atom. The van der Waals surface area contributed by atoms with Gasteiger partial charge in [0.05, 0.1) is 26.4 Å². The Kier molecular flexibility index (Phi) is 72.3. The van der Waals surface area contributed by atoms with Gasteiger partial charge in [-0.1, -0.05) is 279 Å². The molecule has 0 aromatic rings. The van der Waals surface area contributed by atoms with E-state index >= 15 is 0 Å². The lowest BCUT2D eigenvalue weighted by atomic mass is 10.1. The third-order valence-corrected chi connectivity index (χ3v) is 18.9. The van der Waals surface area contributed by atoms with Crippen LogP contribution in [-0.4, -0.2) is 96.7 Å². The molecule has 590 valence electrons. The lowest BCUT2D eigenvalue weighted by Crippen LogP contribution is -2.30. The summed E-state index contributed by atoms with van der Waals surface area (Å²) in [5, 5.41) is 10.6. The van der Waals surface area contributed by atoms with Crippen molar-refractivity contribution in [3.8, 4) is 0 Å². The van der Waals surface area contributed by atoms with E-state index in [-0.39, 0.29) is 25.7 Å². The number of hydrogen-bond donors (Lipinski definition) is 3. The van der Waals surface area contributed by atoms with Gasteiger partial charge < -0.3 is 33.8 Å². The zero-order valence-corrected chi connectivity index (χ0v) is 66.3. The maximum Gasteiger partial charge on any atom is 0.472 e. The van der Waals surface area contributed by atoms with Gasteiger partial charge in [0.1, 0.15) is 19.3 Å². The van der Waals surface area contributed by atoms with Crippen LogP contribution in [0, 0.1) is 0 Å². The molecule has 0 aliphatic carbocycles. The predicted octanol–water partition coefficient (Wildman–Crippen LogP) is 23.6. The Morgan fingerprint density at radius 3 is 0.824 bits per heavy atom. The molecular weight excluding hydrogens is 1330 g/mol. The smallest absolute Gasteiger partial charge is 0.462 e. The van der Waals surface area contributed by atoms with Crippen LogP contribution in [0.3, 0.4) is 0 Å². The molecule has 0 heterocycles. The van der Waals surface area contributed by atoms with Gasteiger partial charge in [0.15, 0.2) is 12.2 Å². The maximum atomic E-state index is 13.1. The van der Waals surface area contributed by atoms with Crippen LogP contribution in [0.5, 0.6) is 0 Å². The number of carbonyl (C=O) groups excluding carboxylic acids is 4. The highest BCUT2D eigenvalue weighted by Gasteiger charge is 2.30. The van der Waals surface area contributed by atoms with E-state index in [0.717, 1.165) is 167 Å². The van der Waals surface area contributed by atoms with Gasteiger partial charge in [0.2, 0.25) is 0 Å². The van der Waals surface area contributed by atoms with E-state index in [9.17, 15) is 43.2 Å². The number of carbonyl (C=O) groups is 4. The minimum atomic E-state index is -4.99. The van der Waals surface area contributed by atoms with Crippen LogP contribution in [0.4, 0.5) is 0 Å². The predicted molar refractivity (Wildman–Crippen MR) is 418 cm³/mol. The number of phosphoric acid groups is 2. The van der Waals surface area contributed by atoms with E-state index in [1.54, 1.807) is 0 Å². The fraction of sp³-hybridized carbons (Fsp3) is 0.759. The van der Waals surface area contributed by atoms with E-state index in [4.69, 9.17) is 37.0 Å². The molecule has 0 aromatic carbocycles. The molecule has 0 radical (unpaired) electrons. The summed E-state index contributed by atoms with van der Waals surface area (Å²) >= 11 is 0. The molecular formula is C83H146O17P2. The lowest BCUT2D eigenvalue weighted by Gasteiger charge is -2.21. The molecule has 0 rings (SSSR count). The van der Waals surface area contributed by atoms with Crippen molar-refractivity contribution in [2.75, 3.05) is 39.6 Å². The number of unbranched alkanes of at least 4 members (excludes halogenated alkanes) is 34. The zero-order valence-electron chi connectivity index (χ0n) is 64.5. The first-order valence-corrected chi connectivity index (χ1v) is 43.5. The first-order chi connectivity index (χ1) is 49.7. The molecule has 2 unspecified atom stereocenters. The maximum absolute atomic E-state index is 13.1. The third kappa shape index (κ3) is 74.3. The second kappa shape index (κ2) is 75.2. The molecule has 0 aliphatic rings. The number of hydrogen-bond acceptors (Lipinski definition) is 15. The van der Waals surface area contributed by atoms with Crippen LogP contribution in [-0.2, 0) is 65.4 Å². The van der Waals surface area contributed by atoms with E-state index < -0.39 is 97.5 Å². The van der Waals surface area contributed by atoms with Gasteiger partial charge in [0, 0.05) is 25.7 Å². The first kappa shape index (κ1) is 98.0. The van der Waals surface area contributed by atoms with Crippen molar-refractivity contribution in [1.29, 1.82) is 0 Å². The van der Waals surface area contributed by atoms with E-state index in [1.165, 1.54) is 96.3 Å². The van der Waals surface area contributed by atoms with Gasteiger partial charge in [-0.3, -0.25) is 37.3 Å². The number of rotatable bonds is 76. The second-order valence-corrected chi connectivity index (χ2v) is 29.9. The third-order valence-electron chi connectivity index (χ3n) is 17.0. The van der Waals surface area contributed by atoms with Crippen molar-refractivity contribution in [3.63, 3.8) is 0 Å². The Labute approximate surface area is 620 Å². The minimum Gasteiger partial charge on any atom is -0.462 e. The van der Waals surface area contributed by atoms with Crippen LogP contribution in [0.1, 0.15) is 349 Å². The quantitative estimate of drug-likeness (QED) is 0.0169. The van der Waals surface area contributed by atoms with E-state index in [1.807, 2.05) is 12.2 Å². The van der Waals surface area contributed by atoms with Gasteiger partial charge in [-0.15, -0.1) is 0 Å². The number of ether oxygens (including phenoxy) is 4. The molecule has 0 bridgehead atoms. The fourth-order valence-corrected chi connectivity index (χ4v) is 12.4. The number of aliphatic hydroxyl groups is 1. The van der Waals surface area contributed by atoms with Crippen LogP contribution in [0.25, 0.3) is 0 Å². The molecule has 17 nitrogen and oxygen atoms in total. The standard InChI is InChI=1S/C83H146O17P2/c1-5-9-13-17-21-25-29-33-36-37-38-39-42-44-48-52-56-60-64-68-81(86)94-74-79(100-83(88)70-66-62-58-54-50-46-41-35-31-27-23-19-15-11-7-3)76-98-102(91,92)96-72-77(84)71-95-101(89,90)97-75-78(73-93-80(85)67-63-59-55-51-47-43-32-28-24-20-16-12-8-4)99-82(87)69-65-61-57-53-49-45-40-34-30-26-22-18-14-10-6-2/h21,25-28,30-33,36,38-39,44,48,56,60,77-79,84H,5-20,22-24,29,34-35,37,40-43,45-47,49-55,57-59,61-76H2,1-4H3,(H,89,90)(H,91,92)/b25-21-,30-26-,31-27-,32-28-,36-33-,39-38-,48-44-,60-56-/t77-,78+,79+/m0/s1. The second-order valence-electron chi connectivity index (χ2n) is 27.0. The molecule has 19 heteroatoms. The summed E-state index contributed by atoms with van der Waals surface area (Å²) in [5.74, 6) is -2.27. The van der Waals surface area contributed by atoms with Gasteiger partial charge in [-0.2, -0.15) is 0 Å². The monoisotopic (exact) mass is 1480 g/mol. The highest BCUT2D eigenvalue weighted by Crippen LogP contribution is 2.45. The average molecular weight is 1480 g/mol. The van der Waals surface area contributed by atoms with Gasteiger partial charge in [-0.05, 0) is 141 Å². The minimum absolute atomic E-state index is 0.0378. The van der Waals surface area contributed by atoms with Crippen molar-refractivity contribution in [2.24, 2.45) is 0 Å². The molecule has 5 atom stereocenters. The summed E-state index contributed by atoms with van der Waals surface area (Å²) < 4.78 is 68.5. The Balaban J connectivity index is 5.41. The molecule has 3 N–H and O–H groups in total. The lowest BCUT2D eigenvalue weighted by molar-refractivity contribution is -0.161. The summed E-state index contributed by atoms with van der Waals surface area (Å²) in [6, 6.07) is 0.